The average molecular weight is 239 g/mol. The minimum atomic E-state index is -3.27. The lowest BCUT2D eigenvalue weighted by Gasteiger charge is -2.22. The molecule has 0 bridgehead atoms. The summed E-state index contributed by atoms with van der Waals surface area (Å²) in [5.74, 6) is 0. The van der Waals surface area contributed by atoms with Crippen molar-refractivity contribution in [3.63, 3.8) is 0 Å². The number of hydrogen-bond acceptors (Lipinski definition) is 2. The van der Waals surface area contributed by atoms with E-state index >= 15 is 0 Å². The van der Waals surface area contributed by atoms with Crippen LogP contribution in [-0.2, 0) is 10.0 Å². The van der Waals surface area contributed by atoms with Gasteiger partial charge in [0.15, 0.2) is 0 Å². The van der Waals surface area contributed by atoms with Gasteiger partial charge in [-0.25, -0.2) is 8.42 Å². The molecule has 1 aliphatic heterocycles. The van der Waals surface area contributed by atoms with Crippen LogP contribution in [-0.4, -0.2) is 25.3 Å². The molecule has 1 aromatic carbocycles. The summed E-state index contributed by atoms with van der Waals surface area (Å²) in [6, 6.07) is 8.89. The van der Waals surface area contributed by atoms with E-state index in [-0.39, 0.29) is 6.04 Å². The first kappa shape index (κ1) is 11.6. The lowest BCUT2D eigenvalue weighted by Crippen LogP contribution is -2.35. The molecule has 4 heteroatoms. The zero-order chi connectivity index (χ0) is 11.6. The molecule has 0 N–H and O–H groups in total. The molecule has 0 aliphatic carbocycles. The fourth-order valence-electron chi connectivity index (χ4n) is 2.26. The number of sulfonamides is 1. The summed E-state index contributed by atoms with van der Waals surface area (Å²) < 4.78 is 26.3. The van der Waals surface area contributed by atoms with Crippen molar-refractivity contribution in [2.75, 3.05) is 6.54 Å². The van der Waals surface area contributed by atoms with Crippen LogP contribution in [0.4, 0.5) is 0 Å². The second-order valence-corrected chi connectivity index (χ2v) is 6.02. The van der Waals surface area contributed by atoms with E-state index in [1.54, 1.807) is 28.6 Å². The van der Waals surface area contributed by atoms with Gasteiger partial charge in [-0.1, -0.05) is 25.1 Å². The molecule has 0 spiro atoms. The van der Waals surface area contributed by atoms with Crippen molar-refractivity contribution in [2.24, 2.45) is 0 Å². The first-order chi connectivity index (χ1) is 7.66. The minimum absolute atomic E-state index is 0.185. The maximum absolute atomic E-state index is 12.3. The van der Waals surface area contributed by atoms with E-state index in [9.17, 15) is 8.42 Å². The maximum atomic E-state index is 12.3. The number of nitrogens with zero attached hydrogens (tertiary/aromatic N) is 1. The molecule has 0 aromatic heterocycles. The molecular weight excluding hydrogens is 222 g/mol. The molecule has 1 saturated heterocycles. The van der Waals surface area contributed by atoms with E-state index in [1.807, 2.05) is 13.0 Å². The molecule has 1 fully saturated rings. The third kappa shape index (κ3) is 1.99. The fourth-order valence-corrected chi connectivity index (χ4v) is 4.05. The van der Waals surface area contributed by atoms with E-state index < -0.39 is 10.0 Å². The van der Waals surface area contributed by atoms with Gasteiger partial charge in [-0.2, -0.15) is 4.31 Å². The summed E-state index contributed by atoms with van der Waals surface area (Å²) in [5.41, 5.74) is 0. The highest BCUT2D eigenvalue weighted by atomic mass is 32.2. The van der Waals surface area contributed by atoms with E-state index in [4.69, 9.17) is 0 Å². The minimum Gasteiger partial charge on any atom is -0.207 e. The molecule has 0 radical (unpaired) electrons. The summed E-state index contributed by atoms with van der Waals surface area (Å²) in [5, 5.41) is 0. The Hall–Kier alpha value is -0.870. The predicted octanol–water partition coefficient (Wildman–Crippen LogP) is 2.25. The van der Waals surface area contributed by atoms with Gasteiger partial charge >= 0.3 is 0 Å². The summed E-state index contributed by atoms with van der Waals surface area (Å²) >= 11 is 0. The molecule has 16 heavy (non-hydrogen) atoms. The molecule has 0 amide bonds. The Kier molecular flexibility index (Phi) is 3.30. The van der Waals surface area contributed by atoms with Crippen molar-refractivity contribution in [3.05, 3.63) is 30.3 Å². The van der Waals surface area contributed by atoms with Crippen molar-refractivity contribution in [1.29, 1.82) is 0 Å². The van der Waals surface area contributed by atoms with Crippen molar-refractivity contribution in [3.8, 4) is 0 Å². The molecule has 1 heterocycles. The van der Waals surface area contributed by atoms with Gasteiger partial charge in [0.2, 0.25) is 10.0 Å². The fraction of sp³-hybridized carbons (Fsp3) is 0.500. The van der Waals surface area contributed by atoms with Crippen LogP contribution in [0.25, 0.3) is 0 Å². The second kappa shape index (κ2) is 4.55. The lowest BCUT2D eigenvalue weighted by atomic mass is 10.2. The standard InChI is InChI=1S/C12H17NO2S/c1-2-11-7-6-10-13(11)16(14,15)12-8-4-3-5-9-12/h3-5,8-9,11H,2,6-7,10H2,1H3. The van der Waals surface area contributed by atoms with Gasteiger partial charge in [-0.05, 0) is 31.4 Å². The van der Waals surface area contributed by atoms with Crippen molar-refractivity contribution in [2.45, 2.75) is 37.1 Å². The SMILES string of the molecule is CCC1CCCN1S(=O)(=O)c1ccccc1. The molecule has 2 rings (SSSR count). The van der Waals surface area contributed by atoms with Crippen LogP contribution in [0.15, 0.2) is 35.2 Å². The van der Waals surface area contributed by atoms with Crippen LogP contribution in [0.3, 0.4) is 0 Å². The van der Waals surface area contributed by atoms with Gasteiger partial charge in [0, 0.05) is 12.6 Å². The van der Waals surface area contributed by atoms with Crippen LogP contribution in [0.5, 0.6) is 0 Å². The highest BCUT2D eigenvalue weighted by Crippen LogP contribution is 2.27. The summed E-state index contributed by atoms with van der Waals surface area (Å²) in [4.78, 5) is 0.412. The van der Waals surface area contributed by atoms with E-state index in [2.05, 4.69) is 0 Å². The Morgan fingerprint density at radius 2 is 2.00 bits per heavy atom. The van der Waals surface area contributed by atoms with Gasteiger partial charge in [0.05, 0.1) is 4.90 Å². The smallest absolute Gasteiger partial charge is 0.207 e. The van der Waals surface area contributed by atoms with Crippen LogP contribution in [0, 0.1) is 0 Å². The van der Waals surface area contributed by atoms with Crippen LogP contribution in [0.2, 0.25) is 0 Å². The van der Waals surface area contributed by atoms with Gasteiger partial charge < -0.3 is 0 Å². The topological polar surface area (TPSA) is 37.4 Å². The average Bonchev–Trinajstić information content (AvgIpc) is 2.79. The Morgan fingerprint density at radius 1 is 1.31 bits per heavy atom. The highest BCUT2D eigenvalue weighted by molar-refractivity contribution is 7.89. The Bertz CT molecular complexity index is 441. The monoisotopic (exact) mass is 239 g/mol. The van der Waals surface area contributed by atoms with Crippen molar-refractivity contribution < 1.29 is 8.42 Å². The number of rotatable bonds is 3. The van der Waals surface area contributed by atoms with Gasteiger partial charge in [0.1, 0.15) is 0 Å². The molecule has 1 atom stereocenters. The van der Waals surface area contributed by atoms with E-state index in [1.165, 1.54) is 0 Å². The molecular formula is C12H17NO2S. The highest BCUT2D eigenvalue weighted by Gasteiger charge is 2.33. The van der Waals surface area contributed by atoms with Crippen LogP contribution < -0.4 is 0 Å². The lowest BCUT2D eigenvalue weighted by molar-refractivity contribution is 0.379. The summed E-state index contributed by atoms with van der Waals surface area (Å²) in [6.07, 6.45) is 2.86. The van der Waals surface area contributed by atoms with Crippen molar-refractivity contribution in [1.82, 2.24) is 4.31 Å². The normalized spacial score (nSPS) is 22.4. The second-order valence-electron chi connectivity index (χ2n) is 4.13. The molecule has 88 valence electrons. The van der Waals surface area contributed by atoms with Crippen LogP contribution in [0.1, 0.15) is 26.2 Å². The third-order valence-corrected chi connectivity index (χ3v) is 5.11. The number of hydrogen-bond donors (Lipinski definition) is 0. The first-order valence-electron chi connectivity index (χ1n) is 5.73. The van der Waals surface area contributed by atoms with E-state index in [0.717, 1.165) is 19.3 Å². The zero-order valence-corrected chi connectivity index (χ0v) is 10.3. The third-order valence-electron chi connectivity index (χ3n) is 3.14. The molecule has 1 aromatic rings. The molecule has 1 aliphatic rings. The Morgan fingerprint density at radius 3 is 2.62 bits per heavy atom. The predicted molar refractivity (Wildman–Crippen MR) is 63.6 cm³/mol. The molecule has 0 saturated carbocycles. The zero-order valence-electron chi connectivity index (χ0n) is 9.46. The van der Waals surface area contributed by atoms with E-state index in [0.29, 0.717) is 11.4 Å². The first-order valence-corrected chi connectivity index (χ1v) is 7.17. The summed E-state index contributed by atoms with van der Waals surface area (Å²) in [6.45, 7) is 2.71. The summed E-state index contributed by atoms with van der Waals surface area (Å²) in [7, 11) is -3.27. The molecule has 1 unspecified atom stereocenters. The molecule has 3 nitrogen and oxygen atoms in total. The quantitative estimate of drug-likeness (QED) is 0.811. The van der Waals surface area contributed by atoms with Gasteiger partial charge in [-0.15, -0.1) is 0 Å². The van der Waals surface area contributed by atoms with Crippen LogP contribution >= 0.6 is 0 Å². The largest absolute Gasteiger partial charge is 0.243 e. The maximum Gasteiger partial charge on any atom is 0.243 e. The van der Waals surface area contributed by atoms with Crippen molar-refractivity contribution >= 4 is 10.0 Å². The van der Waals surface area contributed by atoms with Gasteiger partial charge in [0.25, 0.3) is 0 Å². The Labute approximate surface area is 97.1 Å². The number of benzene rings is 1. The van der Waals surface area contributed by atoms with Gasteiger partial charge in [-0.3, -0.25) is 0 Å². The Balaban J connectivity index is 2.33.